The molecule has 1 aromatic rings. The van der Waals surface area contributed by atoms with E-state index in [4.69, 9.17) is 4.74 Å². The summed E-state index contributed by atoms with van der Waals surface area (Å²) in [5.41, 5.74) is 0. The molecule has 1 unspecified atom stereocenters. The van der Waals surface area contributed by atoms with Gasteiger partial charge in [0, 0.05) is 18.5 Å². The molecule has 1 aliphatic heterocycles. The van der Waals surface area contributed by atoms with Crippen LogP contribution in [0.1, 0.15) is 12.8 Å². The molecule has 0 amide bonds. The molecule has 2 rings (SSSR count). The summed E-state index contributed by atoms with van der Waals surface area (Å²) in [7, 11) is 0. The maximum atomic E-state index is 12.4. The summed E-state index contributed by atoms with van der Waals surface area (Å²) in [6.45, 7) is 0.411. The van der Waals surface area contributed by atoms with E-state index in [2.05, 4.69) is 0 Å². The van der Waals surface area contributed by atoms with Crippen LogP contribution in [0.3, 0.4) is 0 Å². The van der Waals surface area contributed by atoms with E-state index in [-0.39, 0.29) is 24.1 Å². The highest BCUT2D eigenvalue weighted by Crippen LogP contribution is 2.24. The molecular formula is C14H19ClF3NO2. The van der Waals surface area contributed by atoms with Crippen molar-refractivity contribution in [1.82, 2.24) is 4.90 Å². The van der Waals surface area contributed by atoms with Crippen molar-refractivity contribution in [1.29, 1.82) is 0 Å². The first kappa shape index (κ1) is 17.9. The molecule has 1 saturated heterocycles. The summed E-state index contributed by atoms with van der Waals surface area (Å²) < 4.78 is 42.6. The quantitative estimate of drug-likeness (QED) is 0.920. The number of hydrogen-bond acceptors (Lipinski definition) is 3. The molecule has 0 aromatic heterocycles. The van der Waals surface area contributed by atoms with Crippen LogP contribution in [0.4, 0.5) is 13.2 Å². The lowest BCUT2D eigenvalue weighted by Gasteiger charge is -2.32. The molecular weight excluding hydrogens is 307 g/mol. The van der Waals surface area contributed by atoms with Crippen LogP contribution in [0.25, 0.3) is 0 Å². The minimum Gasteiger partial charge on any atom is -0.508 e. The predicted molar refractivity (Wildman–Crippen MR) is 76.1 cm³/mol. The predicted octanol–water partition coefficient (Wildman–Crippen LogP) is 3.47. The first-order chi connectivity index (χ1) is 9.42. The summed E-state index contributed by atoms with van der Waals surface area (Å²) in [6, 6.07) is 6.42. The second-order valence-corrected chi connectivity index (χ2v) is 5.17. The van der Waals surface area contributed by atoms with Gasteiger partial charge in [-0.25, -0.2) is 0 Å². The number of halogens is 4. The molecule has 3 nitrogen and oxygen atoms in total. The van der Waals surface area contributed by atoms with Crippen LogP contribution >= 0.6 is 12.4 Å². The lowest BCUT2D eigenvalue weighted by Crippen LogP contribution is -2.42. The molecule has 1 fully saturated rings. The van der Waals surface area contributed by atoms with Gasteiger partial charge in [-0.2, -0.15) is 13.2 Å². The third-order valence-electron chi connectivity index (χ3n) is 3.31. The van der Waals surface area contributed by atoms with E-state index in [1.165, 1.54) is 11.0 Å². The monoisotopic (exact) mass is 325 g/mol. The van der Waals surface area contributed by atoms with Gasteiger partial charge in [-0.15, -0.1) is 12.4 Å². The third kappa shape index (κ3) is 6.44. The van der Waals surface area contributed by atoms with Gasteiger partial charge in [-0.1, -0.05) is 6.07 Å². The Labute approximate surface area is 128 Å². The molecule has 0 saturated carbocycles. The Kier molecular flexibility index (Phi) is 6.61. The summed E-state index contributed by atoms with van der Waals surface area (Å²) in [5, 5.41) is 9.31. The standard InChI is InChI=1S/C14H18F3NO2.ClH/c15-14(16,17)10-18-6-2-3-11(8-18)9-20-13-5-1-4-12(19)7-13;/h1,4-5,7,11,19H,2-3,6,8-10H2;1H. The van der Waals surface area contributed by atoms with Gasteiger partial charge >= 0.3 is 6.18 Å². The molecule has 1 atom stereocenters. The van der Waals surface area contributed by atoms with Crippen molar-refractivity contribution in [3.05, 3.63) is 24.3 Å². The number of nitrogens with zero attached hydrogens (tertiary/aromatic N) is 1. The average molecular weight is 326 g/mol. The van der Waals surface area contributed by atoms with E-state index < -0.39 is 12.7 Å². The Morgan fingerprint density at radius 3 is 2.76 bits per heavy atom. The molecule has 0 bridgehead atoms. The van der Waals surface area contributed by atoms with Crippen LogP contribution in [-0.2, 0) is 0 Å². The Morgan fingerprint density at radius 1 is 1.33 bits per heavy atom. The molecule has 0 aliphatic carbocycles. The Hall–Kier alpha value is -1.14. The Balaban J connectivity index is 0.00000220. The van der Waals surface area contributed by atoms with Gasteiger partial charge in [-0.3, -0.25) is 4.90 Å². The molecule has 7 heteroatoms. The van der Waals surface area contributed by atoms with Gasteiger partial charge in [-0.05, 0) is 31.5 Å². The highest BCUT2D eigenvalue weighted by atomic mass is 35.5. The number of ether oxygens (including phenoxy) is 1. The van der Waals surface area contributed by atoms with Crippen molar-refractivity contribution in [2.24, 2.45) is 5.92 Å². The smallest absolute Gasteiger partial charge is 0.401 e. The van der Waals surface area contributed by atoms with Crippen molar-refractivity contribution in [3.8, 4) is 11.5 Å². The SMILES string of the molecule is Cl.Oc1cccc(OCC2CCCN(CC(F)(F)F)C2)c1. The zero-order valence-electron chi connectivity index (χ0n) is 11.5. The van der Waals surface area contributed by atoms with Crippen LogP contribution in [0.15, 0.2) is 24.3 Å². The van der Waals surface area contributed by atoms with Crippen LogP contribution in [0.5, 0.6) is 11.5 Å². The van der Waals surface area contributed by atoms with Gasteiger partial charge < -0.3 is 9.84 Å². The van der Waals surface area contributed by atoms with Crippen LogP contribution in [0, 0.1) is 5.92 Å². The minimum absolute atomic E-state index is 0. The van der Waals surface area contributed by atoms with Crippen molar-refractivity contribution in [3.63, 3.8) is 0 Å². The highest BCUT2D eigenvalue weighted by Gasteiger charge is 2.33. The average Bonchev–Trinajstić information content (AvgIpc) is 2.35. The van der Waals surface area contributed by atoms with Crippen molar-refractivity contribution < 1.29 is 23.0 Å². The van der Waals surface area contributed by atoms with Gasteiger partial charge in [0.1, 0.15) is 11.5 Å². The molecule has 1 N–H and O–H groups in total. The number of hydrogen-bond donors (Lipinski definition) is 1. The molecule has 1 heterocycles. The van der Waals surface area contributed by atoms with Crippen molar-refractivity contribution >= 4 is 12.4 Å². The molecule has 120 valence electrons. The number of likely N-dealkylation sites (tertiary alicyclic amines) is 1. The van der Waals surface area contributed by atoms with E-state index in [1.54, 1.807) is 18.2 Å². The first-order valence-corrected chi connectivity index (χ1v) is 6.63. The van der Waals surface area contributed by atoms with E-state index in [0.29, 0.717) is 25.4 Å². The van der Waals surface area contributed by atoms with Crippen LogP contribution < -0.4 is 4.74 Å². The lowest BCUT2D eigenvalue weighted by molar-refractivity contribution is -0.149. The number of aromatic hydroxyl groups is 1. The van der Waals surface area contributed by atoms with Crippen LogP contribution in [-0.4, -0.2) is 42.4 Å². The topological polar surface area (TPSA) is 32.7 Å². The zero-order chi connectivity index (χ0) is 14.6. The lowest BCUT2D eigenvalue weighted by atomic mass is 9.99. The highest BCUT2D eigenvalue weighted by molar-refractivity contribution is 5.85. The van der Waals surface area contributed by atoms with Gasteiger partial charge in [0.05, 0.1) is 13.2 Å². The van der Waals surface area contributed by atoms with Crippen LogP contribution in [0.2, 0.25) is 0 Å². The summed E-state index contributed by atoms with van der Waals surface area (Å²) in [5.74, 6) is 0.747. The van der Waals surface area contributed by atoms with Crippen molar-refractivity contribution in [2.75, 3.05) is 26.2 Å². The summed E-state index contributed by atoms with van der Waals surface area (Å²) in [6.07, 6.45) is -2.52. The largest absolute Gasteiger partial charge is 0.508 e. The second-order valence-electron chi connectivity index (χ2n) is 5.17. The Morgan fingerprint density at radius 2 is 2.10 bits per heavy atom. The number of phenols is 1. The third-order valence-corrected chi connectivity index (χ3v) is 3.31. The van der Waals surface area contributed by atoms with E-state index in [9.17, 15) is 18.3 Å². The van der Waals surface area contributed by atoms with Gasteiger partial charge in [0.15, 0.2) is 0 Å². The second kappa shape index (κ2) is 7.75. The molecule has 1 aliphatic rings. The zero-order valence-corrected chi connectivity index (χ0v) is 12.3. The van der Waals surface area contributed by atoms with E-state index >= 15 is 0 Å². The molecule has 0 spiro atoms. The summed E-state index contributed by atoms with van der Waals surface area (Å²) in [4.78, 5) is 1.43. The van der Waals surface area contributed by atoms with Gasteiger partial charge in [0.25, 0.3) is 0 Å². The molecule has 21 heavy (non-hydrogen) atoms. The fourth-order valence-corrected chi connectivity index (χ4v) is 2.47. The fourth-order valence-electron chi connectivity index (χ4n) is 2.47. The number of phenolic OH excluding ortho intramolecular Hbond substituents is 1. The normalized spacial score (nSPS) is 19.9. The first-order valence-electron chi connectivity index (χ1n) is 6.63. The summed E-state index contributed by atoms with van der Waals surface area (Å²) >= 11 is 0. The minimum atomic E-state index is -4.14. The maximum Gasteiger partial charge on any atom is 0.401 e. The van der Waals surface area contributed by atoms with Gasteiger partial charge in [0.2, 0.25) is 0 Å². The maximum absolute atomic E-state index is 12.4. The van der Waals surface area contributed by atoms with E-state index in [0.717, 1.165) is 12.8 Å². The van der Waals surface area contributed by atoms with E-state index in [1.807, 2.05) is 0 Å². The van der Waals surface area contributed by atoms with Crippen molar-refractivity contribution in [2.45, 2.75) is 19.0 Å². The number of benzene rings is 1. The number of alkyl halides is 3. The Bertz CT molecular complexity index is 442. The fraction of sp³-hybridized carbons (Fsp3) is 0.571. The molecule has 0 radical (unpaired) electrons. The number of piperidine rings is 1. The number of rotatable bonds is 4. The molecule has 1 aromatic carbocycles.